The van der Waals surface area contributed by atoms with Gasteiger partial charge in [-0.25, -0.2) is 4.98 Å². The van der Waals surface area contributed by atoms with Gasteiger partial charge in [-0.3, -0.25) is 9.59 Å². The van der Waals surface area contributed by atoms with Crippen molar-refractivity contribution in [2.45, 2.75) is 83.5 Å². The first kappa shape index (κ1) is 39.6. The van der Waals surface area contributed by atoms with Crippen LogP contribution in [0.4, 0.5) is 0 Å². The number of phenols is 1. The van der Waals surface area contributed by atoms with Crippen LogP contribution < -0.4 is 15.4 Å². The zero-order valence-corrected chi connectivity index (χ0v) is 34.5. The second-order valence-electron chi connectivity index (χ2n) is 15.5. The molecule has 58 heavy (non-hydrogen) atoms. The standard InChI is InChI=1S/C43H47N7O6S2/c1-23(2)39(43(54)50-21-29(51)18-34(50)41(53)46-24(3)26-9-11-27(12-10-26)40-25(4)45-22-57-40)36-20-38(49-56-36)55-16-15-44-28-13-14-37-31(17-28)32-19-33(47-48-42(32)58-37)30-7-5-6-8-35(30)52/h5-12,19-20,22-24,28-29,34,39,44,51-52H,13-18,21H2,1-4H3,(H,46,53)/t24-,28+,29+,34-,39+/m0/s1. The number of benzene rings is 2. The number of thiazole rings is 1. The lowest BCUT2D eigenvalue weighted by Crippen LogP contribution is -2.48. The third-order valence-electron chi connectivity index (χ3n) is 11.2. The van der Waals surface area contributed by atoms with Gasteiger partial charge in [0.1, 0.15) is 29.1 Å². The zero-order valence-electron chi connectivity index (χ0n) is 32.8. The van der Waals surface area contributed by atoms with Gasteiger partial charge in [-0.1, -0.05) is 50.2 Å². The summed E-state index contributed by atoms with van der Waals surface area (Å²) in [6.45, 7) is 8.70. The normalized spacial score (nSPS) is 19.0. The van der Waals surface area contributed by atoms with Crippen LogP contribution in [0, 0.1) is 12.8 Å². The maximum Gasteiger partial charge on any atom is 0.254 e. The fourth-order valence-electron chi connectivity index (χ4n) is 8.10. The lowest BCUT2D eigenvalue weighted by Gasteiger charge is -2.29. The number of aliphatic hydroxyl groups is 1. The van der Waals surface area contributed by atoms with E-state index in [9.17, 15) is 19.8 Å². The fraction of sp³-hybridized carbons (Fsp3) is 0.395. The predicted molar refractivity (Wildman–Crippen MR) is 223 cm³/mol. The number of aromatic hydroxyl groups is 1. The number of β-amino-alcohol motifs (C(OH)–C–C–N with tert-alkyl or cyclic N) is 1. The van der Waals surface area contributed by atoms with E-state index in [1.165, 1.54) is 15.3 Å². The SMILES string of the molecule is Cc1ncsc1-c1ccc([C@H](C)NC(=O)[C@@H]2C[C@@H](O)CN2C(=O)[C@@H](c2cc(OCCN[C@@H]3CCc4sc5nnc(-c6ccccc6O)cc5c4C3)no2)C(C)C)cc1. The number of aromatic nitrogens is 4. The van der Waals surface area contributed by atoms with Crippen molar-refractivity contribution in [3.05, 3.63) is 93.6 Å². The van der Waals surface area contributed by atoms with E-state index in [1.54, 1.807) is 40.9 Å². The fourth-order valence-corrected chi connectivity index (χ4v) is 10.1. The number of nitrogens with one attached hydrogen (secondary N) is 2. The van der Waals surface area contributed by atoms with Crippen LogP contribution in [-0.4, -0.2) is 85.1 Å². The van der Waals surface area contributed by atoms with E-state index in [0.29, 0.717) is 30.2 Å². The van der Waals surface area contributed by atoms with E-state index >= 15 is 0 Å². The molecule has 0 bridgehead atoms. The van der Waals surface area contributed by atoms with Crippen LogP contribution >= 0.6 is 22.7 Å². The van der Waals surface area contributed by atoms with Crippen molar-refractivity contribution in [2.24, 2.45) is 5.92 Å². The van der Waals surface area contributed by atoms with E-state index in [0.717, 1.165) is 51.2 Å². The number of carbonyl (C=O) groups is 2. The van der Waals surface area contributed by atoms with E-state index in [2.05, 4.69) is 31.0 Å². The van der Waals surface area contributed by atoms with Crippen LogP contribution in [0.2, 0.25) is 0 Å². The highest BCUT2D eigenvalue weighted by atomic mass is 32.1. The van der Waals surface area contributed by atoms with Gasteiger partial charge in [0.25, 0.3) is 5.88 Å². The maximum absolute atomic E-state index is 14.2. The number of aliphatic hydroxyl groups excluding tert-OH is 1. The Labute approximate surface area is 344 Å². The van der Waals surface area contributed by atoms with E-state index in [4.69, 9.17) is 9.26 Å². The van der Waals surface area contributed by atoms with Gasteiger partial charge in [0.15, 0.2) is 5.76 Å². The average molecular weight is 822 g/mol. The predicted octanol–water partition coefficient (Wildman–Crippen LogP) is 6.59. The molecule has 4 aromatic heterocycles. The highest BCUT2D eigenvalue weighted by molar-refractivity contribution is 7.18. The van der Waals surface area contributed by atoms with E-state index < -0.39 is 18.1 Å². The Morgan fingerprint density at radius 3 is 2.66 bits per heavy atom. The molecular weight excluding hydrogens is 775 g/mol. The Bertz CT molecular complexity index is 2410. The molecular formula is C43H47N7O6S2. The highest BCUT2D eigenvalue weighted by Crippen LogP contribution is 2.38. The van der Waals surface area contributed by atoms with E-state index in [-0.39, 0.29) is 54.4 Å². The summed E-state index contributed by atoms with van der Waals surface area (Å²) in [7, 11) is 0. The van der Waals surface area contributed by atoms with Crippen LogP contribution in [0.25, 0.3) is 31.9 Å². The van der Waals surface area contributed by atoms with Gasteiger partial charge < -0.3 is 35.0 Å². The largest absolute Gasteiger partial charge is 0.507 e. The molecule has 13 nitrogen and oxygen atoms in total. The van der Waals surface area contributed by atoms with Crippen LogP contribution in [0.3, 0.4) is 0 Å². The summed E-state index contributed by atoms with van der Waals surface area (Å²) in [6.07, 6.45) is 2.09. The summed E-state index contributed by atoms with van der Waals surface area (Å²) in [5.74, 6) is -0.715. The molecule has 1 aliphatic heterocycles. The van der Waals surface area contributed by atoms with Gasteiger partial charge in [0.05, 0.1) is 33.9 Å². The highest BCUT2D eigenvalue weighted by Gasteiger charge is 2.43. The molecule has 0 unspecified atom stereocenters. The van der Waals surface area contributed by atoms with Gasteiger partial charge >= 0.3 is 0 Å². The molecule has 5 heterocycles. The number of ether oxygens (including phenoxy) is 1. The minimum Gasteiger partial charge on any atom is -0.507 e. The maximum atomic E-state index is 14.2. The van der Waals surface area contributed by atoms with Crippen molar-refractivity contribution in [2.75, 3.05) is 19.7 Å². The number of fused-ring (bicyclic) bond motifs is 3. The van der Waals surface area contributed by atoms with Gasteiger partial charge in [0.2, 0.25) is 11.8 Å². The second-order valence-corrected chi connectivity index (χ2v) is 17.5. The minimum atomic E-state index is -0.829. The van der Waals surface area contributed by atoms with Crippen molar-refractivity contribution in [1.29, 1.82) is 0 Å². The molecule has 2 aromatic carbocycles. The lowest BCUT2D eigenvalue weighted by molar-refractivity contribution is -0.141. The number of phenolic OH excluding ortho intramolecular Hbond substituents is 1. The molecule has 0 saturated carbocycles. The molecule has 1 fully saturated rings. The van der Waals surface area contributed by atoms with Gasteiger partial charge in [-0.2, -0.15) is 0 Å². The first-order valence-corrected chi connectivity index (χ1v) is 21.4. The van der Waals surface area contributed by atoms with Crippen LogP contribution in [0.5, 0.6) is 11.6 Å². The van der Waals surface area contributed by atoms with Gasteiger partial charge in [-0.15, -0.1) is 32.9 Å². The smallest absolute Gasteiger partial charge is 0.254 e. The van der Waals surface area contributed by atoms with Crippen molar-refractivity contribution in [1.82, 2.24) is 35.9 Å². The second kappa shape index (κ2) is 16.9. The Hall–Kier alpha value is -5.22. The van der Waals surface area contributed by atoms with E-state index in [1.807, 2.05) is 75.7 Å². The minimum absolute atomic E-state index is 0.0512. The van der Waals surface area contributed by atoms with Crippen LogP contribution in [-0.2, 0) is 22.4 Å². The number of hydrogen-bond acceptors (Lipinski definition) is 13. The molecule has 8 rings (SSSR count). The van der Waals surface area contributed by atoms with Crippen LogP contribution in [0.15, 0.2) is 70.7 Å². The Morgan fingerprint density at radius 2 is 1.90 bits per heavy atom. The molecule has 0 radical (unpaired) electrons. The first-order valence-electron chi connectivity index (χ1n) is 19.7. The Balaban J connectivity index is 0.858. The molecule has 15 heteroatoms. The molecule has 2 aliphatic rings. The molecule has 4 N–H and O–H groups in total. The number of hydrogen-bond donors (Lipinski definition) is 4. The number of rotatable bonds is 13. The number of nitrogens with zero attached hydrogens (tertiary/aromatic N) is 5. The third-order valence-corrected chi connectivity index (χ3v) is 13.3. The van der Waals surface area contributed by atoms with Crippen molar-refractivity contribution >= 4 is 44.7 Å². The first-order chi connectivity index (χ1) is 28.0. The Morgan fingerprint density at radius 1 is 1.09 bits per heavy atom. The van der Waals surface area contributed by atoms with Crippen LogP contribution in [0.1, 0.15) is 73.0 Å². The quantitative estimate of drug-likeness (QED) is 0.0926. The lowest BCUT2D eigenvalue weighted by atomic mass is 9.91. The molecule has 302 valence electrons. The van der Waals surface area contributed by atoms with Crippen molar-refractivity contribution in [3.63, 3.8) is 0 Å². The molecule has 2 amide bonds. The number of carbonyl (C=O) groups excluding carboxylic acids is 2. The topological polar surface area (TPSA) is 176 Å². The number of amides is 2. The average Bonchev–Trinajstić information content (AvgIpc) is 4.03. The summed E-state index contributed by atoms with van der Waals surface area (Å²) in [4.78, 5) is 37.0. The summed E-state index contributed by atoms with van der Waals surface area (Å²) in [5.41, 5.74) is 7.39. The molecule has 0 spiro atoms. The summed E-state index contributed by atoms with van der Waals surface area (Å²) >= 11 is 3.28. The summed E-state index contributed by atoms with van der Waals surface area (Å²) in [6, 6.07) is 18.0. The van der Waals surface area contributed by atoms with Crippen molar-refractivity contribution < 1.29 is 29.1 Å². The monoisotopic (exact) mass is 821 g/mol. The molecule has 1 aliphatic carbocycles. The van der Waals surface area contributed by atoms with Crippen molar-refractivity contribution in [3.8, 4) is 33.3 Å². The Kier molecular flexibility index (Phi) is 11.6. The summed E-state index contributed by atoms with van der Waals surface area (Å²) < 4.78 is 11.7. The third kappa shape index (κ3) is 8.21. The van der Waals surface area contributed by atoms with Gasteiger partial charge in [0, 0.05) is 47.4 Å². The molecule has 5 atom stereocenters. The van der Waals surface area contributed by atoms with Gasteiger partial charge in [-0.05, 0) is 79.1 Å². The number of likely N-dealkylation sites (tertiary alicyclic amines) is 1. The number of aryl methyl sites for hydroxylation is 2. The number of para-hydroxylation sites is 1. The molecule has 1 saturated heterocycles. The zero-order chi connectivity index (χ0) is 40.5. The molecule has 6 aromatic rings. The number of thiophene rings is 1. The summed E-state index contributed by atoms with van der Waals surface area (Å²) in [5, 5.41) is 41.8.